The van der Waals surface area contributed by atoms with Crippen molar-refractivity contribution < 1.29 is 9.84 Å². The summed E-state index contributed by atoms with van der Waals surface area (Å²) in [4.78, 5) is 0. The second kappa shape index (κ2) is 4.31. The van der Waals surface area contributed by atoms with Gasteiger partial charge in [-0.05, 0) is 49.6 Å². The maximum absolute atomic E-state index is 10.3. The zero-order chi connectivity index (χ0) is 11.8. The van der Waals surface area contributed by atoms with Gasteiger partial charge in [0.05, 0.1) is 6.10 Å². The second-order valence-corrected chi connectivity index (χ2v) is 5.15. The maximum Gasteiger partial charge on any atom is 0.123 e. The van der Waals surface area contributed by atoms with E-state index < -0.39 is 6.10 Å². The Morgan fingerprint density at radius 2 is 2.35 bits per heavy atom. The van der Waals surface area contributed by atoms with Gasteiger partial charge in [-0.25, -0.2) is 0 Å². The molecule has 0 saturated carbocycles. The van der Waals surface area contributed by atoms with Crippen LogP contribution in [0.25, 0.3) is 0 Å². The lowest BCUT2D eigenvalue weighted by atomic mass is 9.98. The van der Waals surface area contributed by atoms with Crippen molar-refractivity contribution in [3.8, 4) is 5.75 Å². The summed E-state index contributed by atoms with van der Waals surface area (Å²) in [6, 6.07) is 6.30. The van der Waals surface area contributed by atoms with Crippen molar-refractivity contribution in [2.45, 2.75) is 44.4 Å². The molecule has 2 aliphatic rings. The fraction of sp³-hybridized carbons (Fsp3) is 0.571. The quantitative estimate of drug-likeness (QED) is 0.818. The highest BCUT2D eigenvalue weighted by Gasteiger charge is 2.26. The molecule has 2 aliphatic heterocycles. The first-order chi connectivity index (χ1) is 8.24. The van der Waals surface area contributed by atoms with Crippen molar-refractivity contribution in [2.75, 3.05) is 6.54 Å². The molecule has 0 aromatic heterocycles. The molecule has 1 saturated heterocycles. The van der Waals surface area contributed by atoms with Crippen molar-refractivity contribution >= 4 is 0 Å². The summed E-state index contributed by atoms with van der Waals surface area (Å²) in [6.45, 7) is 3.10. The molecule has 92 valence electrons. The molecule has 0 spiro atoms. The molecular weight excluding hydrogens is 214 g/mol. The summed E-state index contributed by atoms with van der Waals surface area (Å²) in [5, 5.41) is 13.7. The zero-order valence-electron chi connectivity index (χ0n) is 10.1. The lowest BCUT2D eigenvalue weighted by Crippen LogP contribution is -2.28. The highest BCUT2D eigenvalue weighted by Crippen LogP contribution is 2.32. The van der Waals surface area contributed by atoms with Gasteiger partial charge in [-0.2, -0.15) is 0 Å². The van der Waals surface area contributed by atoms with Gasteiger partial charge in [0.25, 0.3) is 0 Å². The number of hydrogen-bond acceptors (Lipinski definition) is 3. The van der Waals surface area contributed by atoms with E-state index in [9.17, 15) is 5.11 Å². The van der Waals surface area contributed by atoms with Crippen molar-refractivity contribution in [2.24, 2.45) is 0 Å². The number of aliphatic hydroxyl groups excluding tert-OH is 1. The van der Waals surface area contributed by atoms with Gasteiger partial charge in [-0.15, -0.1) is 0 Å². The lowest BCUT2D eigenvalue weighted by Gasteiger charge is -2.19. The Kier molecular flexibility index (Phi) is 2.81. The Labute approximate surface area is 102 Å². The average Bonchev–Trinajstić information content (AvgIpc) is 2.94. The molecule has 3 unspecified atom stereocenters. The smallest absolute Gasteiger partial charge is 0.123 e. The molecule has 3 heteroatoms. The summed E-state index contributed by atoms with van der Waals surface area (Å²) >= 11 is 0. The third kappa shape index (κ3) is 2.05. The highest BCUT2D eigenvalue weighted by atomic mass is 16.5. The number of aliphatic hydroxyl groups is 1. The van der Waals surface area contributed by atoms with Crippen LogP contribution in [0.1, 0.15) is 37.0 Å². The van der Waals surface area contributed by atoms with Gasteiger partial charge in [-0.1, -0.05) is 6.07 Å². The van der Waals surface area contributed by atoms with E-state index in [1.54, 1.807) is 0 Å². The van der Waals surface area contributed by atoms with Crippen molar-refractivity contribution in [1.82, 2.24) is 5.32 Å². The van der Waals surface area contributed by atoms with E-state index in [1.165, 1.54) is 5.56 Å². The average molecular weight is 233 g/mol. The molecule has 0 radical (unpaired) electrons. The fourth-order valence-electron chi connectivity index (χ4n) is 2.84. The predicted octanol–water partition coefficient (Wildman–Crippen LogP) is 1.80. The standard InChI is InChI=1S/C14H19NO2/c1-9-7-11-8-10(4-5-13(11)17-9)14(16)12-3-2-6-15-12/h4-5,8-9,12,14-16H,2-3,6-7H2,1H3. The number of fused-ring (bicyclic) bond motifs is 1. The molecule has 0 bridgehead atoms. The van der Waals surface area contributed by atoms with Gasteiger partial charge in [0.2, 0.25) is 0 Å². The molecular formula is C14H19NO2. The van der Waals surface area contributed by atoms with Crippen LogP contribution < -0.4 is 10.1 Å². The largest absolute Gasteiger partial charge is 0.490 e. The summed E-state index contributed by atoms with van der Waals surface area (Å²) in [7, 11) is 0. The Morgan fingerprint density at radius 1 is 1.47 bits per heavy atom. The van der Waals surface area contributed by atoms with Gasteiger partial charge in [0.1, 0.15) is 11.9 Å². The topological polar surface area (TPSA) is 41.5 Å². The van der Waals surface area contributed by atoms with E-state index in [2.05, 4.69) is 18.3 Å². The molecule has 3 nitrogen and oxygen atoms in total. The summed E-state index contributed by atoms with van der Waals surface area (Å²) in [6.07, 6.45) is 3.05. The van der Waals surface area contributed by atoms with Crippen LogP contribution in [-0.4, -0.2) is 23.8 Å². The molecule has 3 atom stereocenters. The zero-order valence-corrected chi connectivity index (χ0v) is 10.1. The first kappa shape index (κ1) is 11.1. The van der Waals surface area contributed by atoms with Gasteiger partial charge < -0.3 is 15.2 Å². The van der Waals surface area contributed by atoms with E-state index >= 15 is 0 Å². The second-order valence-electron chi connectivity index (χ2n) is 5.15. The molecule has 2 N–H and O–H groups in total. The molecule has 0 amide bonds. The van der Waals surface area contributed by atoms with Gasteiger partial charge in [0.15, 0.2) is 0 Å². The Hall–Kier alpha value is -1.06. The number of hydrogen-bond donors (Lipinski definition) is 2. The van der Waals surface area contributed by atoms with Crippen LogP contribution in [0.3, 0.4) is 0 Å². The van der Waals surface area contributed by atoms with Crippen LogP contribution in [0.4, 0.5) is 0 Å². The van der Waals surface area contributed by atoms with Crippen LogP contribution in [0, 0.1) is 0 Å². The summed E-state index contributed by atoms with van der Waals surface area (Å²) in [5.41, 5.74) is 2.24. The van der Waals surface area contributed by atoms with Crippen LogP contribution in [-0.2, 0) is 6.42 Å². The van der Waals surface area contributed by atoms with Crippen LogP contribution in [0.15, 0.2) is 18.2 Å². The van der Waals surface area contributed by atoms with Crippen molar-refractivity contribution in [3.63, 3.8) is 0 Å². The van der Waals surface area contributed by atoms with Crippen molar-refractivity contribution in [3.05, 3.63) is 29.3 Å². The number of benzene rings is 1. The molecule has 1 fully saturated rings. The van der Waals surface area contributed by atoms with E-state index in [4.69, 9.17) is 4.74 Å². The minimum absolute atomic E-state index is 0.216. The van der Waals surface area contributed by atoms with E-state index in [0.717, 1.165) is 37.1 Å². The van der Waals surface area contributed by atoms with E-state index in [1.807, 2.05) is 12.1 Å². The SMILES string of the molecule is CC1Cc2cc(C(O)C3CCCN3)ccc2O1. The Morgan fingerprint density at radius 3 is 3.12 bits per heavy atom. The Balaban J connectivity index is 1.82. The third-order valence-corrected chi connectivity index (χ3v) is 3.74. The number of nitrogens with one attached hydrogen (secondary N) is 1. The monoisotopic (exact) mass is 233 g/mol. The normalized spacial score (nSPS) is 28.8. The van der Waals surface area contributed by atoms with Crippen LogP contribution >= 0.6 is 0 Å². The first-order valence-electron chi connectivity index (χ1n) is 6.45. The lowest BCUT2D eigenvalue weighted by molar-refractivity contribution is 0.137. The van der Waals surface area contributed by atoms with Gasteiger partial charge in [-0.3, -0.25) is 0 Å². The van der Waals surface area contributed by atoms with Crippen LogP contribution in [0.2, 0.25) is 0 Å². The summed E-state index contributed by atoms with van der Waals surface area (Å²) < 4.78 is 5.67. The minimum atomic E-state index is -0.390. The van der Waals surface area contributed by atoms with Crippen molar-refractivity contribution in [1.29, 1.82) is 0 Å². The molecule has 1 aromatic rings. The molecule has 1 aromatic carbocycles. The fourth-order valence-corrected chi connectivity index (χ4v) is 2.84. The minimum Gasteiger partial charge on any atom is -0.490 e. The first-order valence-corrected chi connectivity index (χ1v) is 6.45. The van der Waals surface area contributed by atoms with Crippen LogP contribution in [0.5, 0.6) is 5.75 Å². The number of ether oxygens (including phenoxy) is 1. The van der Waals surface area contributed by atoms with Gasteiger partial charge in [0, 0.05) is 12.5 Å². The number of rotatable bonds is 2. The molecule has 17 heavy (non-hydrogen) atoms. The Bertz CT molecular complexity index is 413. The predicted molar refractivity (Wildman–Crippen MR) is 66.2 cm³/mol. The third-order valence-electron chi connectivity index (χ3n) is 3.74. The molecule has 3 rings (SSSR count). The molecule has 2 heterocycles. The van der Waals surface area contributed by atoms with E-state index in [0.29, 0.717) is 0 Å². The van der Waals surface area contributed by atoms with Gasteiger partial charge >= 0.3 is 0 Å². The molecule has 0 aliphatic carbocycles. The van der Waals surface area contributed by atoms with E-state index in [-0.39, 0.29) is 12.1 Å². The summed E-state index contributed by atoms with van der Waals surface area (Å²) in [5.74, 6) is 0.979. The highest BCUT2D eigenvalue weighted by molar-refractivity contribution is 5.41. The maximum atomic E-state index is 10.3.